The van der Waals surface area contributed by atoms with Gasteiger partial charge in [-0.3, -0.25) is 4.79 Å². The predicted molar refractivity (Wildman–Crippen MR) is 123 cm³/mol. The molecule has 5 rings (SSSR count). The number of carbonyl (C=O) groups is 1. The molecule has 4 heterocycles. The first-order valence-corrected chi connectivity index (χ1v) is 11.8. The summed E-state index contributed by atoms with van der Waals surface area (Å²) in [6.07, 6.45) is 2.78. The summed E-state index contributed by atoms with van der Waals surface area (Å²) in [5.74, 6) is -0.594. The molecule has 0 unspecified atom stereocenters. The fourth-order valence-electron chi connectivity index (χ4n) is 4.62. The molecule has 0 saturated carbocycles. The van der Waals surface area contributed by atoms with Gasteiger partial charge in [0.15, 0.2) is 17.4 Å². The molecule has 10 heteroatoms. The third kappa shape index (κ3) is 5.01. The molecule has 184 valence electrons. The van der Waals surface area contributed by atoms with E-state index in [1.807, 2.05) is 0 Å². The Morgan fingerprint density at radius 3 is 2.60 bits per heavy atom. The fourth-order valence-corrected chi connectivity index (χ4v) is 4.62. The van der Waals surface area contributed by atoms with Gasteiger partial charge in [0.1, 0.15) is 18.0 Å². The van der Waals surface area contributed by atoms with Gasteiger partial charge in [-0.05, 0) is 24.3 Å². The number of halogens is 3. The van der Waals surface area contributed by atoms with E-state index in [1.54, 1.807) is 17.0 Å². The average molecular weight is 486 g/mol. The Kier molecular flexibility index (Phi) is 6.44. The summed E-state index contributed by atoms with van der Waals surface area (Å²) in [7, 11) is 0. The molecule has 0 radical (unpaired) electrons. The van der Waals surface area contributed by atoms with Gasteiger partial charge in [0.2, 0.25) is 11.9 Å². The molecule has 0 aromatic carbocycles. The Morgan fingerprint density at radius 2 is 1.89 bits per heavy atom. The van der Waals surface area contributed by atoms with Crippen molar-refractivity contribution >= 4 is 11.7 Å². The van der Waals surface area contributed by atoms with Crippen LogP contribution in [-0.2, 0) is 22.5 Å². The lowest BCUT2D eigenvalue weighted by Crippen LogP contribution is -2.39. The molecule has 1 fully saturated rings. The van der Waals surface area contributed by atoms with Gasteiger partial charge >= 0.3 is 0 Å². The maximum Gasteiger partial charge on any atom is 0.219 e. The second kappa shape index (κ2) is 9.67. The van der Waals surface area contributed by atoms with Crippen LogP contribution in [0.4, 0.5) is 19.0 Å². The largest absolute Gasteiger partial charge is 0.488 e. The highest BCUT2D eigenvalue weighted by molar-refractivity contribution is 5.74. The molecule has 7 nitrogen and oxygen atoms in total. The van der Waals surface area contributed by atoms with Crippen LogP contribution in [0.1, 0.15) is 37.6 Å². The highest BCUT2D eigenvalue weighted by Gasteiger charge is 2.29. The van der Waals surface area contributed by atoms with E-state index in [4.69, 9.17) is 14.7 Å². The standard InChI is InChI=1S/C25H26F3N5O2/c1-15(34)33-12-9-19-21(14-33)30-24(20-3-2-4-23(28)29-20)25(31-19)32-10-7-17(8-11-32)35-22-6-5-16(26)13-18(22)27/h2-4,6,13,16-17H,5,7-12,14H2,1H3/t16-/m1/s1. The third-order valence-electron chi connectivity index (χ3n) is 6.52. The fraction of sp³-hybridized carbons (Fsp3) is 0.440. The van der Waals surface area contributed by atoms with Crippen molar-refractivity contribution in [3.8, 4) is 11.4 Å². The minimum absolute atomic E-state index is 0.0320. The first kappa shape index (κ1) is 23.3. The predicted octanol–water partition coefficient (Wildman–Crippen LogP) is 4.05. The number of ether oxygens (including phenoxy) is 1. The smallest absolute Gasteiger partial charge is 0.219 e. The van der Waals surface area contributed by atoms with Crippen LogP contribution in [-0.4, -0.2) is 57.7 Å². The Morgan fingerprint density at radius 1 is 1.09 bits per heavy atom. The lowest BCUT2D eigenvalue weighted by molar-refractivity contribution is -0.129. The molecule has 0 bridgehead atoms. The van der Waals surface area contributed by atoms with Crippen molar-refractivity contribution in [3.63, 3.8) is 0 Å². The van der Waals surface area contributed by atoms with E-state index in [1.165, 1.54) is 19.1 Å². The highest BCUT2D eigenvalue weighted by Crippen LogP contribution is 2.33. The molecule has 1 saturated heterocycles. The lowest BCUT2D eigenvalue weighted by atomic mass is 10.1. The van der Waals surface area contributed by atoms with Gasteiger partial charge in [-0.2, -0.15) is 4.39 Å². The first-order chi connectivity index (χ1) is 16.9. The molecule has 3 aliphatic rings. The summed E-state index contributed by atoms with van der Waals surface area (Å²) in [6, 6.07) is 4.54. The van der Waals surface area contributed by atoms with Gasteiger partial charge in [0.25, 0.3) is 0 Å². The molecular formula is C25H26F3N5O2. The van der Waals surface area contributed by atoms with Crippen LogP contribution >= 0.6 is 0 Å². The number of amides is 1. The molecule has 1 amide bonds. The van der Waals surface area contributed by atoms with Crippen molar-refractivity contribution in [1.82, 2.24) is 19.9 Å². The number of carbonyl (C=O) groups excluding carboxylic acids is 1. The Labute approximate surface area is 201 Å². The summed E-state index contributed by atoms with van der Waals surface area (Å²) in [6.45, 7) is 3.59. The number of hydrogen-bond acceptors (Lipinski definition) is 6. The molecule has 2 aliphatic heterocycles. The number of pyridine rings is 1. The van der Waals surface area contributed by atoms with Gasteiger partial charge in [-0.25, -0.2) is 23.7 Å². The van der Waals surface area contributed by atoms with E-state index in [0.29, 0.717) is 68.3 Å². The topological polar surface area (TPSA) is 71.5 Å². The Bertz CT molecular complexity index is 1190. The lowest BCUT2D eigenvalue weighted by Gasteiger charge is -2.35. The normalized spacial score (nSPS) is 20.7. The number of rotatable bonds is 4. The number of hydrogen-bond donors (Lipinski definition) is 0. The number of nitrogens with zero attached hydrogens (tertiary/aromatic N) is 5. The van der Waals surface area contributed by atoms with E-state index < -0.39 is 17.9 Å². The summed E-state index contributed by atoms with van der Waals surface area (Å²) >= 11 is 0. The first-order valence-electron chi connectivity index (χ1n) is 11.8. The van der Waals surface area contributed by atoms with Gasteiger partial charge < -0.3 is 14.5 Å². The van der Waals surface area contributed by atoms with Gasteiger partial charge in [-0.15, -0.1) is 0 Å². The van der Waals surface area contributed by atoms with E-state index in [-0.39, 0.29) is 24.2 Å². The summed E-state index contributed by atoms with van der Waals surface area (Å²) in [5, 5.41) is 0. The van der Waals surface area contributed by atoms with E-state index in [9.17, 15) is 18.0 Å². The minimum atomic E-state index is -1.32. The zero-order valence-electron chi connectivity index (χ0n) is 19.4. The van der Waals surface area contributed by atoms with Crippen molar-refractivity contribution in [2.75, 3.05) is 24.5 Å². The van der Waals surface area contributed by atoms with Gasteiger partial charge in [0, 0.05) is 52.2 Å². The second-order valence-electron chi connectivity index (χ2n) is 8.96. The number of alkyl halides is 1. The van der Waals surface area contributed by atoms with Crippen molar-refractivity contribution < 1.29 is 22.7 Å². The molecular weight excluding hydrogens is 459 g/mol. The molecule has 0 N–H and O–H groups in total. The number of anilines is 1. The van der Waals surface area contributed by atoms with Crippen LogP contribution in [0.15, 0.2) is 41.9 Å². The molecule has 35 heavy (non-hydrogen) atoms. The monoisotopic (exact) mass is 485 g/mol. The van der Waals surface area contributed by atoms with Gasteiger partial charge in [0.05, 0.1) is 23.6 Å². The molecule has 1 aliphatic carbocycles. The van der Waals surface area contributed by atoms with E-state index in [0.717, 1.165) is 11.8 Å². The van der Waals surface area contributed by atoms with Crippen molar-refractivity contribution in [2.45, 2.75) is 51.4 Å². The summed E-state index contributed by atoms with van der Waals surface area (Å²) < 4.78 is 47.1. The second-order valence-corrected chi connectivity index (χ2v) is 8.96. The highest BCUT2D eigenvalue weighted by atomic mass is 19.1. The van der Waals surface area contributed by atoms with Crippen LogP contribution in [0, 0.1) is 5.95 Å². The average Bonchev–Trinajstić information content (AvgIpc) is 2.85. The number of piperidine rings is 1. The van der Waals surface area contributed by atoms with E-state index >= 15 is 0 Å². The molecule has 2 aromatic rings. The number of fused-ring (bicyclic) bond motifs is 1. The van der Waals surface area contributed by atoms with Crippen LogP contribution in [0.5, 0.6) is 0 Å². The zero-order chi connectivity index (χ0) is 24.5. The molecule has 0 spiro atoms. The van der Waals surface area contributed by atoms with Crippen LogP contribution in [0.2, 0.25) is 0 Å². The van der Waals surface area contributed by atoms with Crippen molar-refractivity contribution in [3.05, 3.63) is 59.3 Å². The quantitative estimate of drug-likeness (QED) is 0.609. The van der Waals surface area contributed by atoms with Crippen molar-refractivity contribution in [2.24, 2.45) is 0 Å². The van der Waals surface area contributed by atoms with Gasteiger partial charge in [-0.1, -0.05) is 6.07 Å². The van der Waals surface area contributed by atoms with E-state index in [2.05, 4.69) is 9.88 Å². The van der Waals surface area contributed by atoms with Crippen LogP contribution in [0.25, 0.3) is 11.4 Å². The van der Waals surface area contributed by atoms with Crippen molar-refractivity contribution in [1.29, 1.82) is 0 Å². The maximum absolute atomic E-state index is 14.0. The van der Waals surface area contributed by atoms with Crippen LogP contribution < -0.4 is 4.90 Å². The number of aromatic nitrogens is 3. The third-order valence-corrected chi connectivity index (χ3v) is 6.52. The summed E-state index contributed by atoms with van der Waals surface area (Å²) in [5.41, 5.74) is 2.34. The Balaban J connectivity index is 1.38. The van der Waals surface area contributed by atoms with Crippen LogP contribution in [0.3, 0.4) is 0 Å². The summed E-state index contributed by atoms with van der Waals surface area (Å²) in [4.78, 5) is 29.4. The molecule has 2 aromatic heterocycles. The Hall–Kier alpha value is -3.43. The zero-order valence-corrected chi connectivity index (χ0v) is 19.4. The number of allylic oxidation sites excluding steroid dienone is 3. The minimum Gasteiger partial charge on any atom is -0.488 e. The maximum atomic E-state index is 14.0. The SMILES string of the molecule is CC(=O)N1CCc2nc(N3CCC(OC4=CC[C@@H](F)C=C4F)CC3)c(-c3cccc(F)n3)nc2C1. The molecule has 1 atom stereocenters.